The second-order valence-electron chi connectivity index (χ2n) is 7.73. The van der Waals surface area contributed by atoms with Crippen LogP contribution in [0.2, 0.25) is 0 Å². The number of aryl methyl sites for hydroxylation is 2. The first-order valence-corrected chi connectivity index (χ1v) is 12.0. The maximum absolute atomic E-state index is 12.8. The van der Waals surface area contributed by atoms with Crippen molar-refractivity contribution in [3.05, 3.63) is 57.2 Å². The van der Waals surface area contributed by atoms with Gasteiger partial charge in [-0.25, -0.2) is 4.79 Å². The third-order valence-electron chi connectivity index (χ3n) is 5.62. The fourth-order valence-electron chi connectivity index (χ4n) is 3.87. The number of para-hydroxylation sites is 2. The molecule has 2 aromatic rings. The van der Waals surface area contributed by atoms with Gasteiger partial charge in [0.05, 0.1) is 12.2 Å². The van der Waals surface area contributed by atoms with E-state index in [1.165, 1.54) is 11.1 Å². The lowest BCUT2D eigenvalue weighted by molar-refractivity contribution is -0.117. The Labute approximate surface area is 198 Å². The molecule has 0 saturated carbocycles. The summed E-state index contributed by atoms with van der Waals surface area (Å²) in [5.74, 6) is 0.00680. The average Bonchev–Trinajstić information content (AvgIpc) is 3.01. The highest BCUT2D eigenvalue weighted by Gasteiger charge is 2.21. The zero-order valence-electron chi connectivity index (χ0n) is 18.3. The van der Waals surface area contributed by atoms with Gasteiger partial charge in [-0.1, -0.05) is 44.2 Å². The predicted octanol–water partition coefficient (Wildman–Crippen LogP) is 4.59. The highest BCUT2D eigenvalue weighted by atomic mass is 127. The molecule has 1 fully saturated rings. The Bertz CT molecular complexity index is 896. The molecule has 2 aromatic carbocycles. The largest absolute Gasteiger partial charge is 0.324 e. The zero-order chi connectivity index (χ0) is 22.2. The molecular weight excluding hydrogens is 503 g/mol. The van der Waals surface area contributed by atoms with Crippen LogP contribution in [0, 0.1) is 3.57 Å². The maximum atomic E-state index is 12.8. The smallest absolute Gasteiger partial charge is 0.321 e. The number of amides is 3. The van der Waals surface area contributed by atoms with Gasteiger partial charge in [0.2, 0.25) is 5.91 Å². The molecule has 0 spiro atoms. The summed E-state index contributed by atoms with van der Waals surface area (Å²) in [4.78, 5) is 29.4. The molecular formula is C24H31IN4O2. The number of carbonyl (C=O) groups excluding carboxylic acids is 2. The van der Waals surface area contributed by atoms with E-state index in [-0.39, 0.29) is 11.9 Å². The van der Waals surface area contributed by atoms with Crippen molar-refractivity contribution in [2.24, 2.45) is 0 Å². The molecule has 0 bridgehead atoms. The van der Waals surface area contributed by atoms with Gasteiger partial charge in [-0.3, -0.25) is 9.69 Å². The van der Waals surface area contributed by atoms with Crippen molar-refractivity contribution in [3.63, 3.8) is 0 Å². The number of carbonyl (C=O) groups is 2. The molecule has 1 heterocycles. The summed E-state index contributed by atoms with van der Waals surface area (Å²) in [6, 6.07) is 13.9. The standard InChI is InChI=1S/C24H31IN4O2/c1-3-18-9-7-10-19(4-2)23(18)27-22(30)17-28-13-8-14-29(16-15-28)24(31)26-21-12-6-5-11-20(21)25/h5-7,9-12H,3-4,8,13-17H2,1-2H3,(H,26,31)(H,27,30). The van der Waals surface area contributed by atoms with Crippen molar-refractivity contribution in [1.29, 1.82) is 0 Å². The van der Waals surface area contributed by atoms with Crippen molar-refractivity contribution in [1.82, 2.24) is 9.80 Å². The van der Waals surface area contributed by atoms with Gasteiger partial charge in [0, 0.05) is 35.4 Å². The van der Waals surface area contributed by atoms with Crippen molar-refractivity contribution in [2.45, 2.75) is 33.1 Å². The second kappa shape index (κ2) is 11.5. The van der Waals surface area contributed by atoms with Crippen LogP contribution in [-0.2, 0) is 17.6 Å². The molecule has 1 aliphatic heterocycles. The van der Waals surface area contributed by atoms with Crippen LogP contribution in [0.5, 0.6) is 0 Å². The van der Waals surface area contributed by atoms with Crippen LogP contribution in [0.1, 0.15) is 31.4 Å². The van der Waals surface area contributed by atoms with E-state index in [1.54, 1.807) is 0 Å². The number of benzene rings is 2. The van der Waals surface area contributed by atoms with Gasteiger partial charge in [-0.2, -0.15) is 0 Å². The van der Waals surface area contributed by atoms with E-state index in [4.69, 9.17) is 0 Å². The lowest BCUT2D eigenvalue weighted by Gasteiger charge is -2.23. The van der Waals surface area contributed by atoms with E-state index < -0.39 is 0 Å². The summed E-state index contributed by atoms with van der Waals surface area (Å²) in [6.07, 6.45) is 2.62. The quantitative estimate of drug-likeness (QED) is 0.533. The SMILES string of the molecule is CCc1cccc(CC)c1NC(=O)CN1CCCN(C(=O)Nc2ccccc2I)CC1. The van der Waals surface area contributed by atoms with Gasteiger partial charge >= 0.3 is 6.03 Å². The van der Waals surface area contributed by atoms with Gasteiger partial charge < -0.3 is 15.5 Å². The van der Waals surface area contributed by atoms with E-state index in [0.29, 0.717) is 26.2 Å². The van der Waals surface area contributed by atoms with E-state index in [0.717, 1.165) is 40.8 Å². The Morgan fingerprint density at radius 1 is 0.903 bits per heavy atom. The van der Waals surface area contributed by atoms with Crippen molar-refractivity contribution < 1.29 is 9.59 Å². The zero-order valence-corrected chi connectivity index (χ0v) is 20.4. The first kappa shape index (κ1) is 23.5. The molecule has 2 N–H and O–H groups in total. The fourth-order valence-corrected chi connectivity index (χ4v) is 4.40. The number of anilines is 2. The molecule has 0 aliphatic carbocycles. The maximum Gasteiger partial charge on any atom is 0.321 e. The first-order valence-electron chi connectivity index (χ1n) is 10.9. The Balaban J connectivity index is 1.55. The lowest BCUT2D eigenvalue weighted by atomic mass is 10.0. The molecule has 0 atom stereocenters. The normalized spacial score (nSPS) is 14.7. The topological polar surface area (TPSA) is 64.7 Å². The van der Waals surface area contributed by atoms with Crippen LogP contribution in [0.3, 0.4) is 0 Å². The Morgan fingerprint density at radius 2 is 1.61 bits per heavy atom. The number of hydrogen-bond donors (Lipinski definition) is 2. The minimum atomic E-state index is -0.0834. The summed E-state index contributed by atoms with van der Waals surface area (Å²) >= 11 is 2.22. The van der Waals surface area contributed by atoms with Gasteiger partial charge in [-0.05, 0) is 65.1 Å². The summed E-state index contributed by atoms with van der Waals surface area (Å²) in [6.45, 7) is 7.33. The summed E-state index contributed by atoms with van der Waals surface area (Å²) in [5.41, 5.74) is 4.13. The third-order valence-corrected chi connectivity index (χ3v) is 6.56. The number of urea groups is 1. The second-order valence-corrected chi connectivity index (χ2v) is 8.90. The molecule has 1 saturated heterocycles. The van der Waals surface area contributed by atoms with E-state index in [2.05, 4.69) is 70.2 Å². The molecule has 0 aromatic heterocycles. The monoisotopic (exact) mass is 534 g/mol. The van der Waals surface area contributed by atoms with Crippen LogP contribution in [0.15, 0.2) is 42.5 Å². The molecule has 3 amide bonds. The van der Waals surface area contributed by atoms with Gasteiger partial charge in [0.15, 0.2) is 0 Å². The van der Waals surface area contributed by atoms with Gasteiger partial charge in [0.25, 0.3) is 0 Å². The van der Waals surface area contributed by atoms with Crippen molar-refractivity contribution >= 4 is 45.9 Å². The third kappa shape index (κ3) is 6.43. The molecule has 166 valence electrons. The fraction of sp³-hybridized carbons (Fsp3) is 0.417. The molecule has 0 radical (unpaired) electrons. The number of hydrogen-bond acceptors (Lipinski definition) is 3. The molecule has 31 heavy (non-hydrogen) atoms. The molecule has 3 rings (SSSR count). The Kier molecular flexibility index (Phi) is 8.71. The van der Waals surface area contributed by atoms with Crippen LogP contribution in [-0.4, -0.2) is 54.5 Å². The van der Waals surface area contributed by atoms with E-state index in [9.17, 15) is 9.59 Å². The molecule has 0 unspecified atom stereocenters. The number of halogens is 1. The van der Waals surface area contributed by atoms with E-state index >= 15 is 0 Å². The molecule has 6 nitrogen and oxygen atoms in total. The number of nitrogens with zero attached hydrogens (tertiary/aromatic N) is 2. The highest BCUT2D eigenvalue weighted by molar-refractivity contribution is 14.1. The van der Waals surface area contributed by atoms with E-state index in [1.807, 2.05) is 29.2 Å². The van der Waals surface area contributed by atoms with Crippen molar-refractivity contribution in [3.8, 4) is 0 Å². The molecule has 1 aliphatic rings. The van der Waals surface area contributed by atoms with Crippen LogP contribution >= 0.6 is 22.6 Å². The predicted molar refractivity (Wildman–Crippen MR) is 135 cm³/mol. The Hall–Kier alpha value is -2.13. The lowest BCUT2D eigenvalue weighted by Crippen LogP contribution is -2.39. The first-order chi connectivity index (χ1) is 15.0. The van der Waals surface area contributed by atoms with Crippen LogP contribution < -0.4 is 10.6 Å². The summed E-state index contributed by atoms with van der Waals surface area (Å²) in [7, 11) is 0. The molecule has 7 heteroatoms. The number of rotatable bonds is 6. The Morgan fingerprint density at radius 3 is 2.29 bits per heavy atom. The van der Waals surface area contributed by atoms with Crippen LogP contribution in [0.4, 0.5) is 16.2 Å². The summed E-state index contributed by atoms with van der Waals surface area (Å²) < 4.78 is 1.01. The van der Waals surface area contributed by atoms with Gasteiger partial charge in [0.1, 0.15) is 0 Å². The summed E-state index contributed by atoms with van der Waals surface area (Å²) in [5, 5.41) is 6.15. The minimum absolute atomic E-state index is 0.00680. The van der Waals surface area contributed by atoms with Crippen molar-refractivity contribution in [2.75, 3.05) is 43.4 Å². The highest BCUT2D eigenvalue weighted by Crippen LogP contribution is 2.23. The minimum Gasteiger partial charge on any atom is -0.324 e. The average molecular weight is 534 g/mol. The number of nitrogens with one attached hydrogen (secondary N) is 2. The van der Waals surface area contributed by atoms with Gasteiger partial charge in [-0.15, -0.1) is 0 Å². The van der Waals surface area contributed by atoms with Crippen LogP contribution in [0.25, 0.3) is 0 Å².